The number of fused-ring (bicyclic) bond motifs is 1. The molecule has 1 aliphatic rings. The lowest BCUT2D eigenvalue weighted by Gasteiger charge is -2.30. The molecule has 6 heteroatoms. The molecule has 164 valence electrons. The number of carbonyl (C=O) groups excluding carboxylic acids is 1. The van der Waals surface area contributed by atoms with Crippen LogP contribution in [0.25, 0.3) is 16.8 Å². The van der Waals surface area contributed by atoms with E-state index in [1.807, 2.05) is 73.3 Å². The number of hydrogen-bond donors (Lipinski definition) is 0. The summed E-state index contributed by atoms with van der Waals surface area (Å²) in [5.74, 6) is 1.94. The fourth-order valence-electron chi connectivity index (χ4n) is 4.67. The molecule has 0 aliphatic carbocycles. The summed E-state index contributed by atoms with van der Waals surface area (Å²) >= 11 is 0. The zero-order chi connectivity index (χ0) is 22.2. The molecule has 5 rings (SSSR count). The lowest BCUT2D eigenvalue weighted by atomic mass is 9.96. The summed E-state index contributed by atoms with van der Waals surface area (Å²) < 4.78 is 13.4. The Morgan fingerprint density at radius 2 is 1.78 bits per heavy atom. The molecule has 0 saturated carbocycles. The molecule has 2 aromatic carbocycles. The van der Waals surface area contributed by atoms with Crippen LogP contribution in [-0.2, 0) is 0 Å². The molecule has 1 fully saturated rings. The number of para-hydroxylation sites is 2. The van der Waals surface area contributed by atoms with Gasteiger partial charge in [0.2, 0.25) is 0 Å². The number of piperidine rings is 1. The van der Waals surface area contributed by atoms with E-state index in [1.165, 1.54) is 0 Å². The highest BCUT2D eigenvalue weighted by Gasteiger charge is 2.29. The van der Waals surface area contributed by atoms with Crippen molar-refractivity contribution in [3.05, 3.63) is 77.4 Å². The van der Waals surface area contributed by atoms with Crippen molar-refractivity contribution in [3.63, 3.8) is 0 Å². The summed E-state index contributed by atoms with van der Waals surface area (Å²) in [4.78, 5) is 20.0. The van der Waals surface area contributed by atoms with Gasteiger partial charge in [0.25, 0.3) is 5.91 Å². The Bertz CT molecular complexity index is 1230. The van der Waals surface area contributed by atoms with E-state index in [9.17, 15) is 4.79 Å². The Hall–Kier alpha value is -3.54. The first-order chi connectivity index (χ1) is 15.5. The van der Waals surface area contributed by atoms with E-state index in [4.69, 9.17) is 9.15 Å². The number of nitrogens with zero attached hydrogens (tertiary/aromatic N) is 3. The number of hydrogen-bond acceptors (Lipinski definition) is 4. The second kappa shape index (κ2) is 8.19. The fourth-order valence-corrected chi connectivity index (χ4v) is 4.67. The fraction of sp³-hybridized carbons (Fsp3) is 0.308. The number of aromatic nitrogens is 2. The number of ether oxygens (including phenoxy) is 1. The standard InChI is InChI=1S/C26H27N3O3/c1-17-16-22(18(2)29(17)20-8-10-21(31-3)11-9-20)26(30)28-14-12-19(13-15-28)25-27-23-6-4-5-7-24(23)32-25/h4-11,16,19H,12-15H2,1-3H3. The number of amides is 1. The number of likely N-dealkylation sites (tertiary alicyclic amines) is 1. The van der Waals surface area contributed by atoms with E-state index >= 15 is 0 Å². The first kappa shape index (κ1) is 20.4. The molecular weight excluding hydrogens is 402 g/mol. The molecule has 0 N–H and O–H groups in total. The Kier molecular flexibility index (Phi) is 5.21. The Labute approximate surface area is 187 Å². The first-order valence-electron chi connectivity index (χ1n) is 11.0. The number of methoxy groups -OCH3 is 1. The topological polar surface area (TPSA) is 60.5 Å². The van der Waals surface area contributed by atoms with Gasteiger partial charge in [-0.3, -0.25) is 4.79 Å². The molecular formula is C26H27N3O3. The molecule has 0 bridgehead atoms. The van der Waals surface area contributed by atoms with E-state index in [2.05, 4.69) is 9.55 Å². The monoisotopic (exact) mass is 429 g/mol. The summed E-state index contributed by atoms with van der Waals surface area (Å²) in [6.45, 7) is 5.45. The maximum Gasteiger partial charge on any atom is 0.255 e. The molecule has 1 aliphatic heterocycles. The number of aryl methyl sites for hydroxylation is 1. The molecule has 4 aromatic rings. The van der Waals surface area contributed by atoms with Gasteiger partial charge in [0.15, 0.2) is 11.5 Å². The van der Waals surface area contributed by atoms with Crippen LogP contribution in [0.15, 0.2) is 59.0 Å². The predicted octanol–water partition coefficient (Wildman–Crippen LogP) is 5.26. The zero-order valence-electron chi connectivity index (χ0n) is 18.7. The largest absolute Gasteiger partial charge is 0.497 e. The molecule has 2 aromatic heterocycles. The summed E-state index contributed by atoms with van der Waals surface area (Å²) in [6.07, 6.45) is 1.71. The molecule has 1 amide bonds. The highest BCUT2D eigenvalue weighted by atomic mass is 16.5. The maximum atomic E-state index is 13.4. The van der Waals surface area contributed by atoms with Gasteiger partial charge >= 0.3 is 0 Å². The highest BCUT2D eigenvalue weighted by Crippen LogP contribution is 2.31. The van der Waals surface area contributed by atoms with Crippen LogP contribution in [0.3, 0.4) is 0 Å². The van der Waals surface area contributed by atoms with Crippen LogP contribution in [0.2, 0.25) is 0 Å². The van der Waals surface area contributed by atoms with Gasteiger partial charge in [-0.1, -0.05) is 12.1 Å². The van der Waals surface area contributed by atoms with Gasteiger partial charge in [0.05, 0.1) is 12.7 Å². The second-order valence-corrected chi connectivity index (χ2v) is 8.40. The van der Waals surface area contributed by atoms with Crippen molar-refractivity contribution in [3.8, 4) is 11.4 Å². The average molecular weight is 430 g/mol. The van der Waals surface area contributed by atoms with Gasteiger partial charge in [0.1, 0.15) is 11.3 Å². The van der Waals surface area contributed by atoms with Gasteiger partial charge in [-0.2, -0.15) is 0 Å². The van der Waals surface area contributed by atoms with E-state index in [0.29, 0.717) is 13.1 Å². The quantitative estimate of drug-likeness (QED) is 0.444. The van der Waals surface area contributed by atoms with Crippen LogP contribution in [0.1, 0.15) is 46.4 Å². The molecule has 0 unspecified atom stereocenters. The van der Waals surface area contributed by atoms with Gasteiger partial charge in [-0.25, -0.2) is 4.98 Å². The van der Waals surface area contributed by atoms with Gasteiger partial charge in [-0.05, 0) is 69.2 Å². The second-order valence-electron chi connectivity index (χ2n) is 8.40. The molecule has 0 atom stereocenters. The van der Waals surface area contributed by atoms with Crippen molar-refractivity contribution in [2.75, 3.05) is 20.2 Å². The van der Waals surface area contributed by atoms with Crippen LogP contribution >= 0.6 is 0 Å². The minimum atomic E-state index is 0.0916. The maximum absolute atomic E-state index is 13.4. The van der Waals surface area contributed by atoms with Crippen molar-refractivity contribution in [2.24, 2.45) is 0 Å². The zero-order valence-corrected chi connectivity index (χ0v) is 18.7. The first-order valence-corrected chi connectivity index (χ1v) is 11.0. The third-order valence-corrected chi connectivity index (χ3v) is 6.43. The summed E-state index contributed by atoms with van der Waals surface area (Å²) in [5, 5.41) is 0. The Balaban J connectivity index is 1.32. The summed E-state index contributed by atoms with van der Waals surface area (Å²) in [5.41, 5.74) is 5.50. The SMILES string of the molecule is COc1ccc(-n2c(C)cc(C(=O)N3CCC(c4nc5ccccc5o4)CC3)c2C)cc1. The van der Waals surface area contributed by atoms with Crippen LogP contribution in [0.5, 0.6) is 5.75 Å². The van der Waals surface area contributed by atoms with E-state index < -0.39 is 0 Å². The van der Waals surface area contributed by atoms with Gasteiger partial charge in [0, 0.05) is 36.1 Å². The predicted molar refractivity (Wildman–Crippen MR) is 124 cm³/mol. The normalized spacial score (nSPS) is 14.8. The Morgan fingerprint density at radius 3 is 2.47 bits per heavy atom. The number of benzene rings is 2. The van der Waals surface area contributed by atoms with Crippen molar-refractivity contribution >= 4 is 17.0 Å². The third kappa shape index (κ3) is 3.55. The van der Waals surface area contributed by atoms with E-state index in [0.717, 1.165) is 58.2 Å². The molecule has 1 saturated heterocycles. The highest BCUT2D eigenvalue weighted by molar-refractivity contribution is 5.96. The smallest absolute Gasteiger partial charge is 0.255 e. The number of rotatable bonds is 4. The lowest BCUT2D eigenvalue weighted by molar-refractivity contribution is 0.0706. The van der Waals surface area contributed by atoms with Gasteiger partial charge < -0.3 is 18.6 Å². The minimum Gasteiger partial charge on any atom is -0.497 e. The summed E-state index contributed by atoms with van der Waals surface area (Å²) in [7, 11) is 1.66. The Morgan fingerprint density at radius 1 is 1.06 bits per heavy atom. The van der Waals surface area contributed by atoms with Crippen molar-refractivity contribution in [1.29, 1.82) is 0 Å². The van der Waals surface area contributed by atoms with Crippen LogP contribution < -0.4 is 4.74 Å². The van der Waals surface area contributed by atoms with Crippen molar-refractivity contribution in [2.45, 2.75) is 32.6 Å². The summed E-state index contributed by atoms with van der Waals surface area (Å²) in [6, 6.07) is 17.7. The molecule has 3 heterocycles. The van der Waals surface area contributed by atoms with Crippen LogP contribution in [-0.4, -0.2) is 40.6 Å². The van der Waals surface area contributed by atoms with Crippen LogP contribution in [0, 0.1) is 13.8 Å². The van der Waals surface area contributed by atoms with Crippen molar-refractivity contribution < 1.29 is 13.9 Å². The number of carbonyl (C=O) groups is 1. The van der Waals surface area contributed by atoms with Gasteiger partial charge in [-0.15, -0.1) is 0 Å². The molecule has 32 heavy (non-hydrogen) atoms. The lowest BCUT2D eigenvalue weighted by Crippen LogP contribution is -2.38. The molecule has 0 radical (unpaired) electrons. The average Bonchev–Trinajstić information content (AvgIpc) is 3.39. The van der Waals surface area contributed by atoms with E-state index in [1.54, 1.807) is 7.11 Å². The molecule has 0 spiro atoms. The minimum absolute atomic E-state index is 0.0916. The third-order valence-electron chi connectivity index (χ3n) is 6.43. The number of oxazole rings is 1. The van der Waals surface area contributed by atoms with E-state index in [-0.39, 0.29) is 11.8 Å². The molecule has 6 nitrogen and oxygen atoms in total. The van der Waals surface area contributed by atoms with Crippen LogP contribution in [0.4, 0.5) is 0 Å². The van der Waals surface area contributed by atoms with Crippen molar-refractivity contribution in [1.82, 2.24) is 14.5 Å².